The maximum atomic E-state index is 11.4. The van der Waals surface area contributed by atoms with Crippen molar-refractivity contribution in [2.75, 3.05) is 6.61 Å². The molecule has 23 heavy (non-hydrogen) atoms. The van der Waals surface area contributed by atoms with Gasteiger partial charge in [-0.2, -0.15) is 13.2 Å². The normalized spacial score (nSPS) is 16.0. The fraction of sp³-hybridized carbons (Fsp3) is 0.700. The number of carbonyl (C=O) groups is 2. The largest absolute Gasteiger partial charge is 0.472 e. The van der Waals surface area contributed by atoms with Crippen LogP contribution >= 0.6 is 0 Å². The lowest BCUT2D eigenvalue weighted by Crippen LogP contribution is -2.46. The Bertz CT molecular complexity index is 390. The van der Waals surface area contributed by atoms with Crippen LogP contribution < -0.4 is 0 Å². The van der Waals surface area contributed by atoms with Gasteiger partial charge in [-0.3, -0.25) is 10.3 Å². The number of alkyl halides is 3. The standard InChI is InChI=1S/C6H12O6.C4H4F3NO3/c7-1-3(9)5(11)6(12)4(10)2-8;1-2(9)10-11-3(8)4(5,6)7/h1,3-6,8-12H,2H2;8H,1H3/t3-,4+,5+,6+;/m0./s1. The number of aliphatic hydroxyl groups is 5. The molecule has 6 N–H and O–H groups in total. The number of hydrogen-bond donors (Lipinski definition) is 6. The van der Waals surface area contributed by atoms with Gasteiger partial charge in [-0.25, -0.2) is 9.68 Å². The van der Waals surface area contributed by atoms with Gasteiger partial charge in [0.05, 0.1) is 6.61 Å². The van der Waals surface area contributed by atoms with Crippen molar-refractivity contribution in [2.45, 2.75) is 37.5 Å². The van der Waals surface area contributed by atoms with Gasteiger partial charge in [0, 0.05) is 6.92 Å². The second kappa shape index (κ2) is 10.8. The first-order valence-electron chi connectivity index (χ1n) is 5.67. The molecule has 0 saturated heterocycles. The molecule has 136 valence electrons. The SMILES string of the molecule is CC(=O)OOC(=N)C(F)(F)F.O=C[C@H](O)[C@@H](O)[C@H](O)[C@H](O)CO. The summed E-state index contributed by atoms with van der Waals surface area (Å²) in [6.07, 6.45) is -11.8. The van der Waals surface area contributed by atoms with Crippen LogP contribution in [0, 0.1) is 5.41 Å². The first-order valence-corrected chi connectivity index (χ1v) is 5.67. The smallest absolute Gasteiger partial charge is 0.394 e. The van der Waals surface area contributed by atoms with Crippen molar-refractivity contribution in [3.05, 3.63) is 0 Å². The van der Waals surface area contributed by atoms with Gasteiger partial charge in [0.2, 0.25) is 0 Å². The molecule has 0 radical (unpaired) electrons. The topological polar surface area (TPSA) is 178 Å². The quantitative estimate of drug-likeness (QED) is 0.104. The number of hydrogen-bond acceptors (Lipinski definition) is 10. The van der Waals surface area contributed by atoms with Gasteiger partial charge in [0.25, 0.3) is 0 Å². The van der Waals surface area contributed by atoms with Gasteiger partial charge in [-0.05, 0) is 0 Å². The second-order valence-corrected chi connectivity index (χ2v) is 3.84. The van der Waals surface area contributed by atoms with Crippen molar-refractivity contribution in [2.24, 2.45) is 0 Å². The van der Waals surface area contributed by atoms with Crippen molar-refractivity contribution < 1.29 is 58.1 Å². The summed E-state index contributed by atoms with van der Waals surface area (Å²) in [7, 11) is 0. The minimum Gasteiger partial charge on any atom is -0.394 e. The van der Waals surface area contributed by atoms with Gasteiger partial charge in [0.1, 0.15) is 24.4 Å². The van der Waals surface area contributed by atoms with E-state index in [-0.39, 0.29) is 6.29 Å². The molecule has 0 aromatic heterocycles. The summed E-state index contributed by atoms with van der Waals surface area (Å²) in [6.45, 7) is 0.0907. The minimum atomic E-state index is -4.92. The van der Waals surface area contributed by atoms with E-state index in [1.807, 2.05) is 0 Å². The monoisotopic (exact) mass is 351 g/mol. The summed E-state index contributed by atoms with van der Waals surface area (Å²) >= 11 is 0. The second-order valence-electron chi connectivity index (χ2n) is 3.84. The van der Waals surface area contributed by atoms with E-state index in [0.717, 1.165) is 6.92 Å². The highest BCUT2D eigenvalue weighted by molar-refractivity contribution is 5.79. The van der Waals surface area contributed by atoms with Crippen LogP contribution in [0.15, 0.2) is 0 Å². The molecule has 0 aliphatic rings. The molecule has 0 aliphatic heterocycles. The van der Waals surface area contributed by atoms with Crippen LogP contribution in [0.5, 0.6) is 0 Å². The lowest BCUT2D eigenvalue weighted by molar-refractivity contribution is -0.234. The van der Waals surface area contributed by atoms with E-state index in [0.29, 0.717) is 0 Å². The van der Waals surface area contributed by atoms with E-state index in [2.05, 4.69) is 9.78 Å². The molecule has 4 atom stereocenters. The molecule has 0 saturated carbocycles. The van der Waals surface area contributed by atoms with Crippen molar-refractivity contribution in [3.8, 4) is 0 Å². The Kier molecular flexibility index (Phi) is 11.1. The van der Waals surface area contributed by atoms with Crippen molar-refractivity contribution in [1.29, 1.82) is 5.41 Å². The Labute approximate surface area is 127 Å². The Morgan fingerprint density at radius 3 is 1.96 bits per heavy atom. The third-order valence-electron chi connectivity index (χ3n) is 1.92. The fourth-order valence-corrected chi connectivity index (χ4v) is 0.766. The predicted octanol–water partition coefficient (Wildman–Crippen LogP) is -2.36. The minimum absolute atomic E-state index is 0.0258. The number of aliphatic hydroxyl groups excluding tert-OH is 5. The molecular formula is C10H16F3NO9. The molecule has 0 unspecified atom stereocenters. The molecule has 10 nitrogen and oxygen atoms in total. The molecular weight excluding hydrogens is 335 g/mol. The first kappa shape index (κ1) is 23.5. The number of halogens is 3. The van der Waals surface area contributed by atoms with E-state index >= 15 is 0 Å². The number of rotatable bonds is 5. The molecule has 0 spiro atoms. The predicted molar refractivity (Wildman–Crippen MR) is 63.8 cm³/mol. The molecule has 0 bridgehead atoms. The summed E-state index contributed by atoms with van der Waals surface area (Å²) in [6, 6.07) is 0. The molecule has 0 rings (SSSR count). The molecule has 0 aromatic carbocycles. The van der Waals surface area contributed by atoms with E-state index < -0.39 is 49.1 Å². The zero-order valence-corrected chi connectivity index (χ0v) is 11.6. The zero-order valence-electron chi connectivity index (χ0n) is 11.6. The van der Waals surface area contributed by atoms with E-state index in [1.54, 1.807) is 0 Å². The maximum Gasteiger partial charge on any atom is 0.472 e. The van der Waals surface area contributed by atoms with Crippen LogP contribution in [-0.4, -0.2) is 80.9 Å². The van der Waals surface area contributed by atoms with Crippen LogP contribution in [0.1, 0.15) is 6.92 Å². The van der Waals surface area contributed by atoms with Crippen LogP contribution in [-0.2, 0) is 19.4 Å². The molecule has 0 aromatic rings. The average molecular weight is 351 g/mol. The third kappa shape index (κ3) is 10.5. The van der Waals surface area contributed by atoms with E-state index in [4.69, 9.17) is 30.9 Å². The van der Waals surface area contributed by atoms with Crippen molar-refractivity contribution in [3.63, 3.8) is 0 Å². The highest BCUT2D eigenvalue weighted by Gasteiger charge is 2.38. The summed E-state index contributed by atoms with van der Waals surface area (Å²) < 4.78 is 34.1. The average Bonchev–Trinajstić information content (AvgIpc) is 2.48. The summed E-state index contributed by atoms with van der Waals surface area (Å²) in [5.74, 6) is -3.12. The molecule has 0 fully saturated rings. The van der Waals surface area contributed by atoms with Gasteiger partial charge < -0.3 is 30.3 Å². The van der Waals surface area contributed by atoms with Gasteiger partial charge in [-0.15, -0.1) is 0 Å². The first-order chi connectivity index (χ1) is 10.4. The summed E-state index contributed by atoms with van der Waals surface area (Å²) in [5, 5.41) is 49.6. The maximum absolute atomic E-state index is 11.4. The summed E-state index contributed by atoms with van der Waals surface area (Å²) in [4.78, 5) is 26.5. The number of aldehydes is 1. The molecule has 13 heteroatoms. The van der Waals surface area contributed by atoms with Gasteiger partial charge in [0.15, 0.2) is 6.29 Å². The fourth-order valence-electron chi connectivity index (χ4n) is 0.766. The van der Waals surface area contributed by atoms with E-state index in [9.17, 15) is 22.8 Å². The number of carbonyl (C=O) groups excluding carboxylic acids is 2. The van der Waals surface area contributed by atoms with Crippen LogP contribution in [0.2, 0.25) is 0 Å². The molecule has 0 aliphatic carbocycles. The highest BCUT2D eigenvalue weighted by atomic mass is 19.4. The van der Waals surface area contributed by atoms with Crippen LogP contribution in [0.4, 0.5) is 13.2 Å². The summed E-state index contributed by atoms with van der Waals surface area (Å²) in [5.41, 5.74) is 0. The molecule has 0 amide bonds. The van der Waals surface area contributed by atoms with Crippen molar-refractivity contribution >= 4 is 18.2 Å². The van der Waals surface area contributed by atoms with E-state index in [1.165, 1.54) is 0 Å². The third-order valence-corrected chi connectivity index (χ3v) is 1.92. The molecule has 0 heterocycles. The highest BCUT2D eigenvalue weighted by Crippen LogP contribution is 2.16. The zero-order chi connectivity index (χ0) is 18.8. The lowest BCUT2D eigenvalue weighted by atomic mass is 10.0. The Morgan fingerprint density at radius 2 is 1.65 bits per heavy atom. The lowest BCUT2D eigenvalue weighted by Gasteiger charge is -2.22. The van der Waals surface area contributed by atoms with Crippen LogP contribution in [0.3, 0.4) is 0 Å². The Balaban J connectivity index is 0. The van der Waals surface area contributed by atoms with Crippen molar-refractivity contribution in [1.82, 2.24) is 0 Å². The van der Waals surface area contributed by atoms with Crippen LogP contribution in [0.25, 0.3) is 0 Å². The van der Waals surface area contributed by atoms with Gasteiger partial charge >= 0.3 is 18.0 Å². The Morgan fingerprint density at radius 1 is 1.17 bits per heavy atom. The number of nitrogens with one attached hydrogen (secondary N) is 1. The Hall–Kier alpha value is -1.80. The van der Waals surface area contributed by atoms with Gasteiger partial charge in [-0.1, -0.05) is 0 Å².